The number of nitrogens with one attached hydrogen (secondary N) is 1. The molecule has 0 aliphatic heterocycles. The molecule has 0 atom stereocenters. The Balaban J connectivity index is 3.04. The van der Waals surface area contributed by atoms with Crippen LogP contribution in [0.1, 0.15) is 30.6 Å². The first-order valence-electron chi connectivity index (χ1n) is 6.49. The molecule has 1 amide bonds. The van der Waals surface area contributed by atoms with Gasteiger partial charge in [0, 0.05) is 30.8 Å². The summed E-state index contributed by atoms with van der Waals surface area (Å²) in [6.07, 6.45) is 1.97. The van der Waals surface area contributed by atoms with Gasteiger partial charge in [-0.15, -0.1) is 0 Å². The van der Waals surface area contributed by atoms with E-state index in [4.69, 9.17) is 5.26 Å². The molecule has 0 saturated carbocycles. The van der Waals surface area contributed by atoms with E-state index in [0.717, 1.165) is 4.47 Å². The monoisotopic (exact) mass is 338 g/mol. The fourth-order valence-corrected chi connectivity index (χ4v) is 2.20. The van der Waals surface area contributed by atoms with Gasteiger partial charge in [0.15, 0.2) is 0 Å². The van der Waals surface area contributed by atoms with Crippen molar-refractivity contribution in [2.45, 2.75) is 20.3 Å². The van der Waals surface area contributed by atoms with Crippen LogP contribution >= 0.6 is 15.9 Å². The number of anilines is 1. The molecule has 0 radical (unpaired) electrons. The minimum atomic E-state index is -0.105. The van der Waals surface area contributed by atoms with Gasteiger partial charge < -0.3 is 10.2 Å². The summed E-state index contributed by atoms with van der Waals surface area (Å²) in [4.78, 5) is 18.5. The Hall–Kier alpha value is -1.61. The van der Waals surface area contributed by atoms with Gasteiger partial charge in [0.2, 0.25) is 0 Å². The lowest BCUT2D eigenvalue weighted by Gasteiger charge is -2.24. The van der Waals surface area contributed by atoms with Crippen molar-refractivity contribution in [3.05, 3.63) is 22.3 Å². The lowest BCUT2D eigenvalue weighted by molar-refractivity contribution is 0.0740. The number of carbonyl (C=O) groups excluding carboxylic acids is 1. The summed E-state index contributed by atoms with van der Waals surface area (Å²) in [6, 6.07) is 3.83. The Morgan fingerprint density at radius 1 is 1.60 bits per heavy atom. The van der Waals surface area contributed by atoms with Crippen molar-refractivity contribution in [1.29, 1.82) is 5.26 Å². The molecule has 0 bridgehead atoms. The molecule has 6 heteroatoms. The molecule has 0 saturated heterocycles. The Labute approximate surface area is 128 Å². The van der Waals surface area contributed by atoms with Crippen molar-refractivity contribution in [3.63, 3.8) is 0 Å². The largest absolute Gasteiger partial charge is 0.372 e. The molecule has 1 aromatic heterocycles. The lowest BCUT2D eigenvalue weighted by Crippen LogP contribution is -2.35. The fraction of sp³-hybridized carbons (Fsp3) is 0.500. The summed E-state index contributed by atoms with van der Waals surface area (Å²) >= 11 is 3.33. The number of hydrogen-bond donors (Lipinski definition) is 1. The number of halogens is 1. The second kappa shape index (κ2) is 7.85. The topological polar surface area (TPSA) is 69.0 Å². The van der Waals surface area contributed by atoms with Crippen LogP contribution in [0.2, 0.25) is 0 Å². The molecule has 0 aliphatic rings. The molecular formula is C14H19BrN4O. The van der Waals surface area contributed by atoms with Crippen LogP contribution in [0.15, 0.2) is 16.7 Å². The summed E-state index contributed by atoms with van der Waals surface area (Å²) in [6.45, 7) is 5.15. The molecular weight excluding hydrogens is 320 g/mol. The number of pyridine rings is 1. The average Bonchev–Trinajstić information content (AvgIpc) is 2.42. The first-order chi connectivity index (χ1) is 9.49. The van der Waals surface area contributed by atoms with Gasteiger partial charge in [-0.25, -0.2) is 4.98 Å². The summed E-state index contributed by atoms with van der Waals surface area (Å²) in [5, 5.41) is 11.6. The minimum absolute atomic E-state index is 0.105. The summed E-state index contributed by atoms with van der Waals surface area (Å²) in [5.74, 6) is 0.784. The van der Waals surface area contributed by atoms with Crippen molar-refractivity contribution in [1.82, 2.24) is 9.88 Å². The van der Waals surface area contributed by atoms with Crippen molar-refractivity contribution in [2.75, 3.05) is 25.5 Å². The van der Waals surface area contributed by atoms with Crippen LogP contribution in [0.4, 0.5) is 5.82 Å². The van der Waals surface area contributed by atoms with Crippen LogP contribution < -0.4 is 5.32 Å². The van der Waals surface area contributed by atoms with Crippen molar-refractivity contribution in [3.8, 4) is 6.07 Å². The number of nitrogens with zero attached hydrogens (tertiary/aromatic N) is 3. The first-order valence-corrected chi connectivity index (χ1v) is 7.28. The molecule has 1 aromatic rings. The molecule has 0 spiro atoms. The number of aromatic nitrogens is 1. The Morgan fingerprint density at radius 2 is 2.30 bits per heavy atom. The Kier molecular flexibility index (Phi) is 6.46. The molecule has 1 N–H and O–H groups in total. The number of rotatable bonds is 6. The molecule has 5 nitrogen and oxygen atoms in total. The third-order valence-corrected chi connectivity index (χ3v) is 3.12. The highest BCUT2D eigenvalue weighted by Gasteiger charge is 2.20. The van der Waals surface area contributed by atoms with Gasteiger partial charge in [-0.05, 0) is 27.9 Å². The highest BCUT2D eigenvalue weighted by atomic mass is 79.9. The van der Waals surface area contributed by atoms with Gasteiger partial charge in [0.1, 0.15) is 5.82 Å². The zero-order valence-electron chi connectivity index (χ0n) is 12.0. The zero-order valence-corrected chi connectivity index (χ0v) is 13.6. The highest BCUT2D eigenvalue weighted by molar-refractivity contribution is 9.10. The SMILES string of the molecule is CNc1ncc(Br)cc1C(=O)N(CCC#N)CC(C)C. The number of amides is 1. The number of carbonyl (C=O) groups is 1. The van der Waals surface area contributed by atoms with E-state index in [2.05, 4.69) is 32.3 Å². The average molecular weight is 339 g/mol. The van der Waals surface area contributed by atoms with E-state index in [1.54, 1.807) is 24.2 Å². The summed E-state index contributed by atoms with van der Waals surface area (Å²) < 4.78 is 0.754. The maximum absolute atomic E-state index is 12.6. The molecule has 0 aromatic carbocycles. The Morgan fingerprint density at radius 3 is 2.85 bits per heavy atom. The summed E-state index contributed by atoms with van der Waals surface area (Å²) in [7, 11) is 1.73. The van der Waals surface area contributed by atoms with Gasteiger partial charge in [-0.3, -0.25) is 4.79 Å². The van der Waals surface area contributed by atoms with Crippen LogP contribution in [-0.2, 0) is 0 Å². The van der Waals surface area contributed by atoms with Crippen LogP contribution in [0, 0.1) is 17.2 Å². The van der Waals surface area contributed by atoms with Crippen molar-refractivity contribution < 1.29 is 4.79 Å². The van der Waals surface area contributed by atoms with Crippen LogP contribution in [0.5, 0.6) is 0 Å². The summed E-state index contributed by atoms with van der Waals surface area (Å²) in [5.41, 5.74) is 0.514. The second-order valence-electron chi connectivity index (χ2n) is 4.85. The van der Waals surface area contributed by atoms with Crippen LogP contribution in [-0.4, -0.2) is 35.9 Å². The van der Waals surface area contributed by atoms with Crippen molar-refractivity contribution in [2.24, 2.45) is 5.92 Å². The molecule has 0 fully saturated rings. The molecule has 0 unspecified atom stereocenters. The van der Waals surface area contributed by atoms with E-state index in [-0.39, 0.29) is 5.91 Å². The predicted molar refractivity (Wildman–Crippen MR) is 82.5 cm³/mol. The first kappa shape index (κ1) is 16.4. The quantitative estimate of drug-likeness (QED) is 0.865. The lowest BCUT2D eigenvalue weighted by atomic mass is 10.1. The molecule has 20 heavy (non-hydrogen) atoms. The van der Waals surface area contributed by atoms with Crippen LogP contribution in [0.3, 0.4) is 0 Å². The predicted octanol–water partition coefficient (Wildman–Crippen LogP) is 2.90. The number of nitriles is 1. The third kappa shape index (κ3) is 4.49. The van der Waals surface area contributed by atoms with E-state index < -0.39 is 0 Å². The maximum atomic E-state index is 12.6. The van der Waals surface area contributed by atoms with Crippen molar-refractivity contribution >= 4 is 27.7 Å². The highest BCUT2D eigenvalue weighted by Crippen LogP contribution is 2.20. The van der Waals surface area contributed by atoms with E-state index in [0.29, 0.717) is 36.8 Å². The van der Waals surface area contributed by atoms with E-state index in [1.807, 2.05) is 13.8 Å². The van der Waals surface area contributed by atoms with Gasteiger partial charge in [0.25, 0.3) is 5.91 Å². The minimum Gasteiger partial charge on any atom is -0.372 e. The Bertz CT molecular complexity index is 510. The van der Waals surface area contributed by atoms with Gasteiger partial charge >= 0.3 is 0 Å². The standard InChI is InChI=1S/C14H19BrN4O/c1-10(2)9-19(6-4-5-16)14(20)12-7-11(15)8-18-13(12)17-3/h7-8,10H,4,6,9H2,1-3H3,(H,17,18). The third-order valence-electron chi connectivity index (χ3n) is 2.69. The zero-order chi connectivity index (χ0) is 15.1. The molecule has 108 valence electrons. The van der Waals surface area contributed by atoms with E-state index >= 15 is 0 Å². The smallest absolute Gasteiger partial charge is 0.257 e. The van der Waals surface area contributed by atoms with Gasteiger partial charge in [-0.2, -0.15) is 5.26 Å². The molecule has 1 rings (SSSR count). The van der Waals surface area contributed by atoms with Gasteiger partial charge in [-0.1, -0.05) is 13.8 Å². The maximum Gasteiger partial charge on any atom is 0.257 e. The fourth-order valence-electron chi connectivity index (χ4n) is 1.87. The number of hydrogen-bond acceptors (Lipinski definition) is 4. The van der Waals surface area contributed by atoms with Gasteiger partial charge in [0.05, 0.1) is 18.1 Å². The second-order valence-corrected chi connectivity index (χ2v) is 5.77. The van der Waals surface area contributed by atoms with E-state index in [1.165, 1.54) is 0 Å². The molecule has 0 aliphatic carbocycles. The normalized spacial score (nSPS) is 10.2. The van der Waals surface area contributed by atoms with E-state index in [9.17, 15) is 4.79 Å². The molecule has 1 heterocycles. The van der Waals surface area contributed by atoms with Crippen LogP contribution in [0.25, 0.3) is 0 Å².